The lowest BCUT2D eigenvalue weighted by atomic mass is 9.78. The maximum Gasteiger partial charge on any atom is 0.164 e. The summed E-state index contributed by atoms with van der Waals surface area (Å²) in [4.78, 5) is 14.0. The van der Waals surface area contributed by atoms with E-state index < -0.39 is 6.04 Å². The summed E-state index contributed by atoms with van der Waals surface area (Å²) in [6.45, 7) is 0. The van der Waals surface area contributed by atoms with Gasteiger partial charge in [0, 0.05) is 29.3 Å². The van der Waals surface area contributed by atoms with Crippen molar-refractivity contribution < 1.29 is 28.5 Å². The molecule has 0 saturated carbocycles. The molecule has 2 N–H and O–H groups in total. The van der Waals surface area contributed by atoms with Crippen molar-refractivity contribution in [3.05, 3.63) is 77.0 Å². The molecule has 1 aliphatic carbocycles. The van der Waals surface area contributed by atoms with E-state index in [1.807, 2.05) is 48.5 Å². The van der Waals surface area contributed by atoms with Crippen molar-refractivity contribution in [2.75, 3.05) is 46.2 Å². The molecule has 8 heteroatoms. The number of para-hydroxylation sites is 2. The van der Waals surface area contributed by atoms with Crippen LogP contribution in [0, 0.1) is 0 Å². The summed E-state index contributed by atoms with van der Waals surface area (Å²) in [7, 11) is 8.01. The topological polar surface area (TPSA) is 87.3 Å². The Morgan fingerprint density at radius 1 is 0.684 bits per heavy atom. The van der Waals surface area contributed by atoms with Crippen molar-refractivity contribution >= 4 is 17.2 Å². The lowest BCUT2D eigenvalue weighted by Crippen LogP contribution is -2.27. The van der Waals surface area contributed by atoms with Crippen molar-refractivity contribution in [1.29, 1.82) is 0 Å². The van der Waals surface area contributed by atoms with Crippen molar-refractivity contribution in [3.63, 3.8) is 0 Å². The number of carbonyl (C=O) groups is 1. The molecule has 2 atom stereocenters. The molecule has 3 aromatic rings. The molecule has 38 heavy (non-hydrogen) atoms. The van der Waals surface area contributed by atoms with Gasteiger partial charge in [0.25, 0.3) is 0 Å². The highest BCUT2D eigenvalue weighted by Gasteiger charge is 2.37. The highest BCUT2D eigenvalue weighted by molar-refractivity contribution is 6.01. The van der Waals surface area contributed by atoms with E-state index in [1.165, 1.54) is 0 Å². The molecule has 0 spiro atoms. The van der Waals surface area contributed by atoms with E-state index in [1.54, 1.807) is 41.6 Å². The second kappa shape index (κ2) is 10.6. The lowest BCUT2D eigenvalue weighted by molar-refractivity contribution is -0.116. The van der Waals surface area contributed by atoms with E-state index in [0.29, 0.717) is 47.2 Å². The van der Waals surface area contributed by atoms with Crippen LogP contribution >= 0.6 is 0 Å². The molecule has 0 fully saturated rings. The summed E-state index contributed by atoms with van der Waals surface area (Å²) < 4.78 is 27.8. The maximum absolute atomic E-state index is 14.0. The van der Waals surface area contributed by atoms with Crippen LogP contribution in [-0.4, -0.2) is 41.3 Å². The predicted molar refractivity (Wildman–Crippen MR) is 146 cm³/mol. The number of ether oxygens (including phenoxy) is 5. The highest BCUT2D eigenvalue weighted by atomic mass is 16.5. The molecule has 0 aromatic heterocycles. The van der Waals surface area contributed by atoms with Crippen molar-refractivity contribution in [3.8, 4) is 28.7 Å². The number of carbonyl (C=O) groups excluding carboxylic acids is 1. The zero-order valence-electron chi connectivity index (χ0n) is 22.2. The number of Topliss-reactive ketones (excluding diaryl/α,β-unsaturated/α-hetero) is 1. The molecule has 0 saturated heterocycles. The zero-order chi connectivity index (χ0) is 26.8. The van der Waals surface area contributed by atoms with Crippen molar-refractivity contribution in [1.82, 2.24) is 0 Å². The van der Waals surface area contributed by atoms with Gasteiger partial charge in [-0.15, -0.1) is 0 Å². The summed E-state index contributed by atoms with van der Waals surface area (Å²) in [6.07, 6.45) is 1.01. The molecule has 1 heterocycles. The molecule has 3 aromatic carbocycles. The highest BCUT2D eigenvalue weighted by Crippen LogP contribution is 2.48. The van der Waals surface area contributed by atoms with E-state index in [9.17, 15) is 4.79 Å². The summed E-state index contributed by atoms with van der Waals surface area (Å²) in [5, 5.41) is 7.18. The smallest absolute Gasteiger partial charge is 0.164 e. The predicted octanol–water partition coefficient (Wildman–Crippen LogP) is 5.71. The Morgan fingerprint density at radius 2 is 1.32 bits per heavy atom. The Balaban J connectivity index is 1.63. The molecule has 0 unspecified atom stereocenters. The number of allylic oxidation sites excluding steroid dienone is 1. The second-order valence-electron chi connectivity index (χ2n) is 9.23. The number of hydrogen-bond donors (Lipinski definition) is 2. The van der Waals surface area contributed by atoms with Gasteiger partial charge in [0.1, 0.15) is 5.75 Å². The molecule has 0 bridgehead atoms. The fraction of sp³-hybridized carbons (Fsp3) is 0.300. The van der Waals surface area contributed by atoms with Gasteiger partial charge < -0.3 is 34.3 Å². The number of hydrogen-bond acceptors (Lipinski definition) is 8. The average molecular weight is 517 g/mol. The number of rotatable bonds is 7. The number of fused-ring (bicyclic) bond motifs is 1. The number of benzene rings is 3. The number of ketones is 1. The van der Waals surface area contributed by atoms with Crippen LogP contribution in [0.2, 0.25) is 0 Å². The molecule has 198 valence electrons. The van der Waals surface area contributed by atoms with Gasteiger partial charge in [-0.3, -0.25) is 4.79 Å². The van der Waals surface area contributed by atoms with Gasteiger partial charge in [-0.2, -0.15) is 0 Å². The van der Waals surface area contributed by atoms with Gasteiger partial charge in [0.05, 0.1) is 53.0 Å². The van der Waals surface area contributed by atoms with Crippen LogP contribution in [-0.2, 0) is 4.79 Å². The van der Waals surface area contributed by atoms with Gasteiger partial charge in [-0.1, -0.05) is 18.2 Å². The summed E-state index contributed by atoms with van der Waals surface area (Å²) in [6, 6.07) is 17.0. The number of methoxy groups -OCH3 is 5. The minimum Gasteiger partial charge on any atom is -0.496 e. The summed E-state index contributed by atoms with van der Waals surface area (Å²) in [5.74, 6) is 3.05. The molecule has 5 rings (SSSR count). The largest absolute Gasteiger partial charge is 0.496 e. The number of anilines is 2. The quantitative estimate of drug-likeness (QED) is 0.413. The van der Waals surface area contributed by atoms with Gasteiger partial charge in [0.2, 0.25) is 0 Å². The normalized spacial score (nSPS) is 18.3. The van der Waals surface area contributed by atoms with Gasteiger partial charge in [-0.05, 0) is 48.2 Å². The van der Waals surface area contributed by atoms with Crippen LogP contribution in [0.3, 0.4) is 0 Å². The molecule has 0 radical (unpaired) electrons. The fourth-order valence-electron chi connectivity index (χ4n) is 5.35. The second-order valence-corrected chi connectivity index (χ2v) is 9.23. The molecular weight excluding hydrogens is 484 g/mol. The van der Waals surface area contributed by atoms with E-state index in [2.05, 4.69) is 10.6 Å². The fourth-order valence-corrected chi connectivity index (χ4v) is 5.35. The van der Waals surface area contributed by atoms with Crippen LogP contribution in [0.4, 0.5) is 11.4 Å². The monoisotopic (exact) mass is 516 g/mol. The van der Waals surface area contributed by atoms with Crippen molar-refractivity contribution in [2.24, 2.45) is 0 Å². The van der Waals surface area contributed by atoms with Crippen LogP contribution in [0.1, 0.15) is 35.9 Å². The molecule has 8 nitrogen and oxygen atoms in total. The Morgan fingerprint density at radius 3 is 2.00 bits per heavy atom. The first-order valence-electron chi connectivity index (χ1n) is 12.4. The molecule has 0 amide bonds. The van der Waals surface area contributed by atoms with Gasteiger partial charge in [0.15, 0.2) is 28.8 Å². The van der Waals surface area contributed by atoms with E-state index >= 15 is 0 Å². The Hall–Kier alpha value is -4.33. The third-order valence-electron chi connectivity index (χ3n) is 7.23. The standard InChI is InChI=1S/C30H32N2O6/c1-34-24-11-10-17(14-26(24)36-3)18-12-22-29(23(33)13-18)30(32-21-9-7-6-8-20(21)31-22)19-15-27(37-4)28(38-5)16-25(19)35-2/h6-11,14-16,18,30-32H,12-13H2,1-5H3/t18-,30+/m0/s1. The first-order chi connectivity index (χ1) is 18.5. The Labute approximate surface area is 222 Å². The minimum atomic E-state index is -0.463. The van der Waals surface area contributed by atoms with Crippen LogP contribution in [0.5, 0.6) is 28.7 Å². The third-order valence-corrected chi connectivity index (χ3v) is 7.23. The first kappa shape index (κ1) is 25.3. The summed E-state index contributed by atoms with van der Waals surface area (Å²) in [5.41, 5.74) is 5.16. The van der Waals surface area contributed by atoms with Gasteiger partial charge >= 0.3 is 0 Å². The number of nitrogens with one attached hydrogen (secondary N) is 2. The summed E-state index contributed by atoms with van der Waals surface area (Å²) >= 11 is 0. The molecule has 2 aliphatic rings. The van der Waals surface area contributed by atoms with Crippen LogP contribution < -0.4 is 34.3 Å². The van der Waals surface area contributed by atoms with Crippen LogP contribution in [0.25, 0.3) is 0 Å². The molecule has 1 aliphatic heterocycles. The first-order valence-corrected chi connectivity index (χ1v) is 12.4. The Kier molecular flexibility index (Phi) is 7.05. The van der Waals surface area contributed by atoms with E-state index in [4.69, 9.17) is 23.7 Å². The zero-order valence-corrected chi connectivity index (χ0v) is 22.2. The van der Waals surface area contributed by atoms with E-state index in [-0.39, 0.29) is 11.7 Å². The van der Waals surface area contributed by atoms with Gasteiger partial charge in [-0.25, -0.2) is 0 Å². The molecular formula is C30H32N2O6. The minimum absolute atomic E-state index is 0.0215. The third kappa shape index (κ3) is 4.47. The average Bonchev–Trinajstić information content (AvgIpc) is 3.12. The van der Waals surface area contributed by atoms with Crippen LogP contribution in [0.15, 0.2) is 65.9 Å². The van der Waals surface area contributed by atoms with E-state index in [0.717, 1.165) is 28.2 Å². The SMILES string of the molecule is COc1ccc([C@@H]2CC(=O)C3=C(C2)Nc2ccccc2N[C@@H]3c2cc(OC)c(OC)cc2OC)cc1OC. The van der Waals surface area contributed by atoms with Crippen molar-refractivity contribution in [2.45, 2.75) is 24.8 Å². The lowest BCUT2D eigenvalue weighted by Gasteiger charge is -2.31. The Bertz CT molecular complexity index is 1400. The maximum atomic E-state index is 14.0.